The second-order valence-electron chi connectivity index (χ2n) is 3.54. The van der Waals surface area contributed by atoms with Crippen LogP contribution in [0.1, 0.15) is 6.92 Å². The van der Waals surface area contributed by atoms with Gasteiger partial charge in [0.15, 0.2) is 0 Å². The summed E-state index contributed by atoms with van der Waals surface area (Å²) in [5.41, 5.74) is 6.79. The molecule has 94 valence electrons. The van der Waals surface area contributed by atoms with E-state index < -0.39 is 0 Å². The molecule has 2 rings (SSSR count). The van der Waals surface area contributed by atoms with E-state index in [2.05, 4.69) is 10.2 Å². The number of rotatable bonds is 3. The molecular weight excluding hydrogens is 273 g/mol. The van der Waals surface area contributed by atoms with E-state index in [0.29, 0.717) is 39.5 Å². The Kier molecular flexibility index (Phi) is 3.89. The lowest BCUT2D eigenvalue weighted by molar-refractivity contribution is 0.340. The number of ether oxygens (including phenoxy) is 1. The van der Waals surface area contributed by atoms with Crippen molar-refractivity contribution in [2.45, 2.75) is 6.92 Å². The fourth-order valence-corrected chi connectivity index (χ4v) is 1.95. The van der Waals surface area contributed by atoms with Crippen molar-refractivity contribution < 1.29 is 4.74 Å². The van der Waals surface area contributed by atoms with Gasteiger partial charge in [0.05, 0.1) is 22.3 Å². The lowest BCUT2D eigenvalue weighted by Crippen LogP contribution is -1.96. The van der Waals surface area contributed by atoms with E-state index in [4.69, 9.17) is 33.7 Å². The predicted molar refractivity (Wildman–Crippen MR) is 73.1 cm³/mol. The molecule has 2 aromatic rings. The highest BCUT2D eigenvalue weighted by atomic mass is 35.5. The molecule has 1 aromatic carbocycles. The van der Waals surface area contributed by atoms with Gasteiger partial charge in [0.25, 0.3) is 0 Å². The van der Waals surface area contributed by atoms with Crippen LogP contribution in [0.3, 0.4) is 0 Å². The Morgan fingerprint density at radius 3 is 2.56 bits per heavy atom. The Labute approximate surface area is 115 Å². The van der Waals surface area contributed by atoms with Gasteiger partial charge in [-0.25, -0.2) is 0 Å². The Bertz CT molecular complexity index is 558. The number of nitrogens with two attached hydrogens (primary N) is 1. The Morgan fingerprint density at radius 2 is 1.94 bits per heavy atom. The number of hydrogen-bond donors (Lipinski definition) is 1. The van der Waals surface area contributed by atoms with Gasteiger partial charge in [-0.3, -0.25) is 0 Å². The first kappa shape index (κ1) is 12.9. The molecule has 0 bridgehead atoms. The normalized spacial score (nSPS) is 10.4. The van der Waals surface area contributed by atoms with Crippen LogP contribution in [0.5, 0.6) is 5.75 Å². The largest absolute Gasteiger partial charge is 0.492 e. The molecule has 1 aromatic heterocycles. The second-order valence-corrected chi connectivity index (χ2v) is 4.35. The Balaban J connectivity index is 2.45. The summed E-state index contributed by atoms with van der Waals surface area (Å²) < 4.78 is 5.36. The number of nitrogens with zero attached hydrogens (tertiary/aromatic N) is 2. The predicted octanol–water partition coefficient (Wildman–Crippen LogP) is 3.43. The van der Waals surface area contributed by atoms with E-state index in [1.165, 1.54) is 0 Å². The number of nitrogen functional groups attached to an aromatic ring is 1. The minimum absolute atomic E-state index is 0.354. The number of halogens is 2. The smallest absolute Gasteiger partial charge is 0.146 e. The van der Waals surface area contributed by atoms with Crippen LogP contribution in [0.2, 0.25) is 10.0 Å². The van der Waals surface area contributed by atoms with E-state index in [-0.39, 0.29) is 0 Å². The van der Waals surface area contributed by atoms with Gasteiger partial charge in [-0.15, -0.1) is 10.2 Å². The topological polar surface area (TPSA) is 61.0 Å². The molecule has 0 saturated heterocycles. The summed E-state index contributed by atoms with van der Waals surface area (Å²) in [4.78, 5) is 0. The lowest BCUT2D eigenvalue weighted by Gasteiger charge is -2.09. The lowest BCUT2D eigenvalue weighted by atomic mass is 10.1. The summed E-state index contributed by atoms with van der Waals surface area (Å²) in [6.45, 7) is 2.40. The first-order chi connectivity index (χ1) is 8.61. The summed E-state index contributed by atoms with van der Waals surface area (Å²) >= 11 is 12.3. The number of benzene rings is 1. The standard InChI is InChI=1S/C12H11Cl2N3O/c1-2-18-11-6-8(13)7(5-9(11)14)10-3-4-12(15)17-16-10/h3-6H,2H2,1H3,(H2,15,17). The van der Waals surface area contributed by atoms with Crippen molar-refractivity contribution in [3.63, 3.8) is 0 Å². The highest BCUT2D eigenvalue weighted by Crippen LogP contribution is 2.35. The molecule has 2 N–H and O–H groups in total. The first-order valence-electron chi connectivity index (χ1n) is 5.33. The van der Waals surface area contributed by atoms with Crippen molar-refractivity contribution >= 4 is 29.0 Å². The van der Waals surface area contributed by atoms with Crippen molar-refractivity contribution in [2.75, 3.05) is 12.3 Å². The monoisotopic (exact) mass is 283 g/mol. The molecule has 18 heavy (non-hydrogen) atoms. The molecule has 0 aliphatic heterocycles. The average molecular weight is 284 g/mol. The summed E-state index contributed by atoms with van der Waals surface area (Å²) in [5.74, 6) is 0.906. The van der Waals surface area contributed by atoms with Gasteiger partial charge < -0.3 is 10.5 Å². The van der Waals surface area contributed by atoms with Crippen LogP contribution in [0.4, 0.5) is 5.82 Å². The van der Waals surface area contributed by atoms with Crippen LogP contribution in [-0.2, 0) is 0 Å². The van der Waals surface area contributed by atoms with Crippen molar-refractivity contribution in [1.82, 2.24) is 10.2 Å². The quantitative estimate of drug-likeness (QED) is 0.938. The molecule has 6 heteroatoms. The van der Waals surface area contributed by atoms with Crippen LogP contribution in [0.15, 0.2) is 24.3 Å². The van der Waals surface area contributed by atoms with Crippen LogP contribution in [0.25, 0.3) is 11.3 Å². The maximum absolute atomic E-state index is 6.17. The zero-order valence-electron chi connectivity index (χ0n) is 9.65. The van der Waals surface area contributed by atoms with Gasteiger partial charge in [-0.05, 0) is 25.1 Å². The Hall–Kier alpha value is -1.52. The molecule has 4 nitrogen and oxygen atoms in total. The van der Waals surface area contributed by atoms with Gasteiger partial charge in [-0.2, -0.15) is 0 Å². The summed E-state index contributed by atoms with van der Waals surface area (Å²) in [6.07, 6.45) is 0. The molecule has 0 saturated carbocycles. The molecule has 0 spiro atoms. The van der Waals surface area contributed by atoms with E-state index in [1.807, 2.05) is 6.92 Å². The summed E-state index contributed by atoms with van der Waals surface area (Å²) in [5, 5.41) is 8.73. The molecule has 0 aliphatic carbocycles. The Morgan fingerprint density at radius 1 is 1.17 bits per heavy atom. The van der Waals surface area contributed by atoms with E-state index in [9.17, 15) is 0 Å². The van der Waals surface area contributed by atoms with Crippen molar-refractivity contribution in [3.05, 3.63) is 34.3 Å². The fraction of sp³-hybridized carbons (Fsp3) is 0.167. The average Bonchev–Trinajstić information content (AvgIpc) is 2.35. The first-order valence-corrected chi connectivity index (χ1v) is 6.09. The molecule has 0 fully saturated rings. The third-order valence-corrected chi connectivity index (χ3v) is 2.89. The van der Waals surface area contributed by atoms with Gasteiger partial charge in [-0.1, -0.05) is 23.2 Å². The number of anilines is 1. The SMILES string of the molecule is CCOc1cc(Cl)c(-c2ccc(N)nn2)cc1Cl. The molecule has 0 amide bonds. The number of hydrogen-bond acceptors (Lipinski definition) is 4. The van der Waals surface area contributed by atoms with Crippen LogP contribution >= 0.6 is 23.2 Å². The third-order valence-electron chi connectivity index (χ3n) is 2.28. The molecule has 0 atom stereocenters. The van der Waals surface area contributed by atoms with Gasteiger partial charge in [0, 0.05) is 11.6 Å². The zero-order chi connectivity index (χ0) is 13.1. The van der Waals surface area contributed by atoms with Crippen molar-refractivity contribution in [2.24, 2.45) is 0 Å². The van der Waals surface area contributed by atoms with Crippen LogP contribution < -0.4 is 10.5 Å². The van der Waals surface area contributed by atoms with Gasteiger partial charge in [0.1, 0.15) is 11.6 Å². The van der Waals surface area contributed by atoms with Crippen LogP contribution in [-0.4, -0.2) is 16.8 Å². The highest BCUT2D eigenvalue weighted by Gasteiger charge is 2.11. The van der Waals surface area contributed by atoms with Gasteiger partial charge >= 0.3 is 0 Å². The summed E-state index contributed by atoms with van der Waals surface area (Å²) in [7, 11) is 0. The van der Waals surface area contributed by atoms with E-state index >= 15 is 0 Å². The summed E-state index contributed by atoms with van der Waals surface area (Å²) in [6, 6.07) is 6.76. The molecule has 1 heterocycles. The minimum atomic E-state index is 0.354. The zero-order valence-corrected chi connectivity index (χ0v) is 11.2. The maximum atomic E-state index is 6.17. The minimum Gasteiger partial charge on any atom is -0.492 e. The number of aromatic nitrogens is 2. The maximum Gasteiger partial charge on any atom is 0.146 e. The van der Waals surface area contributed by atoms with Gasteiger partial charge in [0.2, 0.25) is 0 Å². The third kappa shape index (κ3) is 2.66. The highest BCUT2D eigenvalue weighted by molar-refractivity contribution is 6.36. The van der Waals surface area contributed by atoms with E-state index in [0.717, 1.165) is 0 Å². The fourth-order valence-electron chi connectivity index (χ4n) is 1.48. The molecule has 0 radical (unpaired) electrons. The molecule has 0 unspecified atom stereocenters. The second kappa shape index (κ2) is 5.42. The molecular formula is C12H11Cl2N3O. The van der Waals surface area contributed by atoms with Crippen molar-refractivity contribution in [1.29, 1.82) is 0 Å². The van der Waals surface area contributed by atoms with Crippen LogP contribution in [0, 0.1) is 0 Å². The van der Waals surface area contributed by atoms with E-state index in [1.54, 1.807) is 24.3 Å². The molecule has 0 aliphatic rings. The van der Waals surface area contributed by atoms with Crippen molar-refractivity contribution in [3.8, 4) is 17.0 Å².